The smallest absolute Gasteiger partial charge is 0.323 e. The van der Waals surface area contributed by atoms with E-state index >= 15 is 0 Å². The van der Waals surface area contributed by atoms with Gasteiger partial charge in [0.15, 0.2) is 5.75 Å². The van der Waals surface area contributed by atoms with E-state index in [1.54, 1.807) is 6.07 Å². The summed E-state index contributed by atoms with van der Waals surface area (Å²) < 4.78 is 4.97. The quantitative estimate of drug-likeness (QED) is 0.586. The van der Waals surface area contributed by atoms with E-state index in [1.807, 2.05) is 30.3 Å². The van der Waals surface area contributed by atoms with Crippen molar-refractivity contribution in [2.45, 2.75) is 0 Å². The van der Waals surface area contributed by atoms with E-state index in [4.69, 9.17) is 4.74 Å². The molecule has 3 rings (SSSR count). The average molecular weight is 323 g/mol. The van der Waals surface area contributed by atoms with Gasteiger partial charge in [-0.15, -0.1) is 0 Å². The third kappa shape index (κ3) is 2.87. The highest BCUT2D eigenvalue weighted by atomic mass is 16.6. The zero-order valence-corrected chi connectivity index (χ0v) is 12.7. The number of ether oxygens (including phenoxy) is 1. The van der Waals surface area contributed by atoms with Crippen molar-refractivity contribution in [3.05, 3.63) is 70.3 Å². The Morgan fingerprint density at radius 3 is 2.67 bits per heavy atom. The van der Waals surface area contributed by atoms with Gasteiger partial charge in [0.2, 0.25) is 0 Å². The molecule has 0 bridgehead atoms. The first-order chi connectivity index (χ1) is 11.6. The lowest BCUT2D eigenvalue weighted by Crippen LogP contribution is -2.15. The summed E-state index contributed by atoms with van der Waals surface area (Å²) in [7, 11) is 1.31. The molecule has 7 nitrogen and oxygen atoms in total. The van der Waals surface area contributed by atoms with Crippen LogP contribution in [0.25, 0.3) is 10.9 Å². The molecule has 0 unspecified atom stereocenters. The number of hydrogen-bond donors (Lipinski definition) is 1. The first-order valence-corrected chi connectivity index (χ1v) is 7.08. The summed E-state index contributed by atoms with van der Waals surface area (Å²) in [5.74, 6) is -0.279. The van der Waals surface area contributed by atoms with E-state index in [1.165, 1.54) is 25.3 Å². The van der Waals surface area contributed by atoms with Gasteiger partial charge >= 0.3 is 5.69 Å². The SMILES string of the molecule is COc1cccc(C(=O)Nc2ccc3ccccc3n2)c1[N+](=O)[O-]. The molecule has 0 saturated heterocycles. The van der Waals surface area contributed by atoms with Gasteiger partial charge < -0.3 is 10.1 Å². The van der Waals surface area contributed by atoms with Gasteiger partial charge in [0.1, 0.15) is 11.4 Å². The fourth-order valence-electron chi connectivity index (χ4n) is 2.38. The normalized spacial score (nSPS) is 10.4. The Hall–Kier alpha value is -3.48. The lowest BCUT2D eigenvalue weighted by molar-refractivity contribution is -0.386. The number of nitrogens with one attached hydrogen (secondary N) is 1. The standard InChI is InChI=1S/C17H13N3O4/c1-24-14-8-4-6-12(16(14)20(22)23)17(21)19-15-10-9-11-5-2-3-7-13(11)18-15/h2-10H,1H3,(H,18,19,21). The minimum Gasteiger partial charge on any atom is -0.490 e. The zero-order chi connectivity index (χ0) is 17.1. The zero-order valence-electron chi connectivity index (χ0n) is 12.7. The van der Waals surface area contributed by atoms with Crippen molar-refractivity contribution in [3.63, 3.8) is 0 Å². The van der Waals surface area contributed by atoms with Crippen LogP contribution in [0.3, 0.4) is 0 Å². The molecule has 3 aromatic rings. The number of methoxy groups -OCH3 is 1. The molecule has 0 atom stereocenters. The molecule has 0 aliphatic rings. The Bertz CT molecular complexity index is 940. The number of benzene rings is 2. The number of rotatable bonds is 4. The summed E-state index contributed by atoms with van der Waals surface area (Å²) in [5.41, 5.74) is 0.253. The van der Waals surface area contributed by atoms with Gasteiger partial charge in [-0.3, -0.25) is 14.9 Å². The minimum atomic E-state index is -0.637. The summed E-state index contributed by atoms with van der Waals surface area (Å²) in [4.78, 5) is 27.4. The van der Waals surface area contributed by atoms with Crippen LogP contribution in [0.5, 0.6) is 5.75 Å². The molecule has 0 fully saturated rings. The van der Waals surface area contributed by atoms with Crippen molar-refractivity contribution in [2.75, 3.05) is 12.4 Å². The number of carbonyl (C=O) groups is 1. The van der Waals surface area contributed by atoms with Gasteiger partial charge in [0.05, 0.1) is 17.5 Å². The number of aromatic nitrogens is 1. The van der Waals surface area contributed by atoms with Crippen LogP contribution in [0.2, 0.25) is 0 Å². The topological polar surface area (TPSA) is 94.4 Å². The number of amides is 1. The second-order valence-corrected chi connectivity index (χ2v) is 4.96. The molecule has 24 heavy (non-hydrogen) atoms. The van der Waals surface area contributed by atoms with Crippen molar-refractivity contribution in [1.82, 2.24) is 4.98 Å². The number of carbonyl (C=O) groups excluding carboxylic acids is 1. The molecule has 1 aromatic heterocycles. The molecule has 0 aliphatic carbocycles. The van der Waals surface area contributed by atoms with Crippen LogP contribution in [0.15, 0.2) is 54.6 Å². The molecule has 2 aromatic carbocycles. The number of nitro benzene ring substituents is 1. The average Bonchev–Trinajstić information content (AvgIpc) is 2.60. The largest absolute Gasteiger partial charge is 0.490 e. The van der Waals surface area contributed by atoms with Gasteiger partial charge in [0, 0.05) is 5.39 Å². The van der Waals surface area contributed by atoms with E-state index in [0.717, 1.165) is 10.9 Å². The van der Waals surface area contributed by atoms with Crippen molar-refractivity contribution in [3.8, 4) is 5.75 Å². The first kappa shape index (κ1) is 15.4. The third-order valence-corrected chi connectivity index (χ3v) is 3.49. The summed E-state index contributed by atoms with van der Waals surface area (Å²) in [6, 6.07) is 15.2. The number of anilines is 1. The van der Waals surface area contributed by atoms with Gasteiger partial charge in [-0.05, 0) is 30.3 Å². The Balaban J connectivity index is 1.95. The maximum absolute atomic E-state index is 12.4. The molecule has 7 heteroatoms. The highest BCUT2D eigenvalue weighted by Gasteiger charge is 2.25. The first-order valence-electron chi connectivity index (χ1n) is 7.08. The molecule has 1 amide bonds. The molecule has 0 spiro atoms. The highest BCUT2D eigenvalue weighted by Crippen LogP contribution is 2.31. The van der Waals surface area contributed by atoms with E-state index in [2.05, 4.69) is 10.3 Å². The fraction of sp³-hybridized carbons (Fsp3) is 0.0588. The lowest BCUT2D eigenvalue weighted by atomic mass is 10.1. The van der Waals surface area contributed by atoms with Crippen molar-refractivity contribution < 1.29 is 14.5 Å². The van der Waals surface area contributed by atoms with Gasteiger partial charge in [0.25, 0.3) is 5.91 Å². The second kappa shape index (κ2) is 6.33. The van der Waals surface area contributed by atoms with E-state index in [-0.39, 0.29) is 17.0 Å². The number of hydrogen-bond acceptors (Lipinski definition) is 5. The van der Waals surface area contributed by atoms with Gasteiger partial charge in [-0.1, -0.05) is 24.3 Å². The number of nitrogens with zero attached hydrogens (tertiary/aromatic N) is 2. The van der Waals surface area contributed by atoms with Crippen LogP contribution in [0, 0.1) is 10.1 Å². The van der Waals surface area contributed by atoms with E-state index in [0.29, 0.717) is 5.82 Å². The number of pyridine rings is 1. The Labute approximate surface area is 137 Å². The number of nitro groups is 1. The summed E-state index contributed by atoms with van der Waals surface area (Å²) in [6.07, 6.45) is 0. The van der Waals surface area contributed by atoms with Gasteiger partial charge in [-0.2, -0.15) is 0 Å². The molecular formula is C17H13N3O4. The predicted molar refractivity (Wildman–Crippen MR) is 89.3 cm³/mol. The Morgan fingerprint density at radius 2 is 1.92 bits per heavy atom. The molecular weight excluding hydrogens is 310 g/mol. The van der Waals surface area contributed by atoms with Crippen molar-refractivity contribution in [1.29, 1.82) is 0 Å². The molecule has 0 aliphatic heterocycles. The van der Waals surface area contributed by atoms with E-state index in [9.17, 15) is 14.9 Å². The van der Waals surface area contributed by atoms with Gasteiger partial charge in [-0.25, -0.2) is 4.98 Å². The van der Waals surface area contributed by atoms with Crippen LogP contribution in [-0.4, -0.2) is 22.9 Å². The maximum Gasteiger partial charge on any atom is 0.323 e. The number of para-hydroxylation sites is 2. The third-order valence-electron chi connectivity index (χ3n) is 3.49. The molecule has 0 radical (unpaired) electrons. The molecule has 1 N–H and O–H groups in total. The summed E-state index contributed by atoms with van der Waals surface area (Å²) in [5, 5.41) is 14.8. The second-order valence-electron chi connectivity index (χ2n) is 4.96. The van der Waals surface area contributed by atoms with Crippen LogP contribution >= 0.6 is 0 Å². The van der Waals surface area contributed by atoms with Crippen LogP contribution in [0.1, 0.15) is 10.4 Å². The number of fused-ring (bicyclic) bond motifs is 1. The Kier molecular flexibility index (Phi) is 4.07. The van der Waals surface area contributed by atoms with Crippen molar-refractivity contribution >= 4 is 28.3 Å². The van der Waals surface area contributed by atoms with Crippen LogP contribution in [0.4, 0.5) is 11.5 Å². The molecule has 120 valence electrons. The highest BCUT2D eigenvalue weighted by molar-refractivity contribution is 6.07. The lowest BCUT2D eigenvalue weighted by Gasteiger charge is -2.08. The van der Waals surface area contributed by atoms with Crippen molar-refractivity contribution in [2.24, 2.45) is 0 Å². The van der Waals surface area contributed by atoms with E-state index < -0.39 is 10.8 Å². The maximum atomic E-state index is 12.4. The van der Waals surface area contributed by atoms with Crippen LogP contribution in [-0.2, 0) is 0 Å². The van der Waals surface area contributed by atoms with Crippen LogP contribution < -0.4 is 10.1 Å². The molecule has 1 heterocycles. The summed E-state index contributed by atoms with van der Waals surface area (Å²) in [6.45, 7) is 0. The fourth-order valence-corrected chi connectivity index (χ4v) is 2.38. The predicted octanol–water partition coefficient (Wildman–Crippen LogP) is 3.40. The molecule has 0 saturated carbocycles. The Morgan fingerprint density at radius 1 is 1.12 bits per heavy atom. The summed E-state index contributed by atoms with van der Waals surface area (Å²) >= 11 is 0. The minimum absolute atomic E-state index is 0.0270. The monoisotopic (exact) mass is 323 g/mol.